The molecule has 2 aliphatic rings. The van der Waals surface area contributed by atoms with E-state index in [1.807, 2.05) is 0 Å². The maximum Gasteiger partial charge on any atom is 0.253 e. The third-order valence-corrected chi connectivity index (χ3v) is 5.89. The number of phenolic OH excluding ortho intramolecular Hbond substituents is 1. The Morgan fingerprint density at radius 1 is 1.13 bits per heavy atom. The van der Waals surface area contributed by atoms with E-state index >= 15 is 0 Å². The number of phenols is 1. The van der Waals surface area contributed by atoms with Crippen LogP contribution in [0.3, 0.4) is 0 Å². The summed E-state index contributed by atoms with van der Waals surface area (Å²) < 4.78 is 0. The lowest BCUT2D eigenvalue weighted by Gasteiger charge is -2.44. The van der Waals surface area contributed by atoms with Crippen molar-refractivity contribution in [1.29, 1.82) is 0 Å². The summed E-state index contributed by atoms with van der Waals surface area (Å²) in [5.41, 5.74) is 1.34. The second-order valence-corrected chi connectivity index (χ2v) is 8.02. The highest BCUT2D eigenvalue weighted by atomic mass is 16.3. The summed E-state index contributed by atoms with van der Waals surface area (Å²) in [4.78, 5) is 39.7. The number of nitrogens with zero attached hydrogens (tertiary/aromatic N) is 1. The molecule has 3 amide bonds. The lowest BCUT2D eigenvalue weighted by atomic mass is 9.91. The van der Waals surface area contributed by atoms with Crippen LogP contribution in [-0.2, 0) is 20.8 Å². The fraction of sp³-hybridized carbons (Fsp3) is 0.348. The molecule has 162 valence electrons. The van der Waals surface area contributed by atoms with Crippen LogP contribution in [0.15, 0.2) is 54.6 Å². The Labute approximate surface area is 179 Å². The van der Waals surface area contributed by atoms with Gasteiger partial charge in [-0.3, -0.25) is 14.4 Å². The van der Waals surface area contributed by atoms with Crippen molar-refractivity contribution in [2.24, 2.45) is 0 Å². The fourth-order valence-electron chi connectivity index (χ4n) is 4.21. The van der Waals surface area contributed by atoms with E-state index in [9.17, 15) is 24.6 Å². The third-order valence-electron chi connectivity index (χ3n) is 5.89. The SMILES string of the molecule is O=C(NC1CCN2C(=O)C(Cc3ccc(O)cc3)NC(=O)C2C1)C(O)c1ccccc1. The van der Waals surface area contributed by atoms with E-state index in [0.717, 1.165) is 5.56 Å². The maximum atomic E-state index is 12.9. The Balaban J connectivity index is 1.37. The molecule has 8 nitrogen and oxygen atoms in total. The highest BCUT2D eigenvalue weighted by molar-refractivity contribution is 5.97. The minimum absolute atomic E-state index is 0.143. The Bertz CT molecular complexity index is 963. The Kier molecular flexibility index (Phi) is 5.90. The zero-order chi connectivity index (χ0) is 22.0. The number of aliphatic hydroxyl groups is 1. The van der Waals surface area contributed by atoms with Gasteiger partial charge in [-0.25, -0.2) is 0 Å². The number of aliphatic hydroxyl groups excluding tert-OH is 1. The first-order chi connectivity index (χ1) is 14.9. The minimum atomic E-state index is -1.28. The molecule has 0 radical (unpaired) electrons. The molecule has 4 rings (SSSR count). The van der Waals surface area contributed by atoms with Crippen LogP contribution in [-0.4, -0.2) is 57.5 Å². The molecule has 0 saturated carbocycles. The summed E-state index contributed by atoms with van der Waals surface area (Å²) in [5.74, 6) is -0.764. The van der Waals surface area contributed by atoms with Gasteiger partial charge in [0.05, 0.1) is 0 Å². The van der Waals surface area contributed by atoms with E-state index in [2.05, 4.69) is 10.6 Å². The van der Waals surface area contributed by atoms with Gasteiger partial charge in [0.1, 0.15) is 17.8 Å². The number of benzene rings is 2. The number of carbonyl (C=O) groups excluding carboxylic acids is 3. The average Bonchev–Trinajstić information content (AvgIpc) is 2.79. The average molecular weight is 423 g/mol. The molecule has 2 aliphatic heterocycles. The molecular formula is C23H25N3O5. The predicted molar refractivity (Wildman–Crippen MR) is 112 cm³/mol. The zero-order valence-corrected chi connectivity index (χ0v) is 16.9. The van der Waals surface area contributed by atoms with Crippen LogP contribution in [0, 0.1) is 0 Å². The van der Waals surface area contributed by atoms with Crippen molar-refractivity contribution >= 4 is 17.7 Å². The van der Waals surface area contributed by atoms with Gasteiger partial charge in [-0.1, -0.05) is 42.5 Å². The molecule has 0 spiro atoms. The summed E-state index contributed by atoms with van der Waals surface area (Å²) in [6.07, 6.45) is -0.126. The maximum absolute atomic E-state index is 12.9. The number of hydrogen-bond acceptors (Lipinski definition) is 5. The number of rotatable bonds is 5. The molecule has 0 aromatic heterocycles. The van der Waals surface area contributed by atoms with E-state index in [1.54, 1.807) is 59.5 Å². The Hall–Kier alpha value is -3.39. The molecule has 2 heterocycles. The first kappa shape index (κ1) is 20.9. The molecule has 2 aromatic carbocycles. The summed E-state index contributed by atoms with van der Waals surface area (Å²) in [6, 6.07) is 13.6. The molecular weight excluding hydrogens is 398 g/mol. The molecule has 2 saturated heterocycles. The van der Waals surface area contributed by atoms with Gasteiger partial charge in [0.2, 0.25) is 11.8 Å². The van der Waals surface area contributed by atoms with Crippen molar-refractivity contribution in [2.45, 2.75) is 43.5 Å². The van der Waals surface area contributed by atoms with Crippen LogP contribution in [0.2, 0.25) is 0 Å². The normalized spacial score (nSPS) is 24.2. The largest absolute Gasteiger partial charge is 0.508 e. The monoisotopic (exact) mass is 423 g/mol. The van der Waals surface area contributed by atoms with Gasteiger partial charge in [-0.2, -0.15) is 0 Å². The molecule has 4 unspecified atom stereocenters. The highest BCUT2D eigenvalue weighted by Crippen LogP contribution is 2.24. The molecule has 4 N–H and O–H groups in total. The second-order valence-electron chi connectivity index (χ2n) is 8.02. The number of fused-ring (bicyclic) bond motifs is 1. The van der Waals surface area contributed by atoms with E-state index in [-0.39, 0.29) is 23.6 Å². The molecule has 31 heavy (non-hydrogen) atoms. The van der Waals surface area contributed by atoms with E-state index in [4.69, 9.17) is 0 Å². The summed E-state index contributed by atoms with van der Waals surface area (Å²) in [7, 11) is 0. The van der Waals surface area contributed by atoms with Crippen LogP contribution < -0.4 is 10.6 Å². The van der Waals surface area contributed by atoms with E-state index < -0.39 is 24.1 Å². The molecule has 2 fully saturated rings. The van der Waals surface area contributed by atoms with Gasteiger partial charge in [-0.05, 0) is 36.1 Å². The fourth-order valence-corrected chi connectivity index (χ4v) is 4.21. The first-order valence-corrected chi connectivity index (χ1v) is 10.3. The summed E-state index contributed by atoms with van der Waals surface area (Å²) >= 11 is 0. The van der Waals surface area contributed by atoms with Gasteiger partial charge in [0.15, 0.2) is 6.10 Å². The second kappa shape index (κ2) is 8.77. The van der Waals surface area contributed by atoms with Crippen LogP contribution in [0.4, 0.5) is 0 Å². The van der Waals surface area contributed by atoms with Gasteiger partial charge in [0, 0.05) is 19.0 Å². The number of amides is 3. The van der Waals surface area contributed by atoms with Crippen molar-refractivity contribution in [3.05, 3.63) is 65.7 Å². The van der Waals surface area contributed by atoms with Crippen LogP contribution in [0.1, 0.15) is 30.1 Å². The first-order valence-electron chi connectivity index (χ1n) is 10.3. The molecule has 4 atom stereocenters. The van der Waals surface area contributed by atoms with Gasteiger partial charge < -0.3 is 25.7 Å². The van der Waals surface area contributed by atoms with Crippen molar-refractivity contribution in [3.8, 4) is 5.75 Å². The lowest BCUT2D eigenvalue weighted by Crippen LogP contribution is -2.67. The van der Waals surface area contributed by atoms with Crippen molar-refractivity contribution in [2.75, 3.05) is 6.54 Å². The summed E-state index contributed by atoms with van der Waals surface area (Å²) in [6.45, 7) is 0.357. The molecule has 2 aromatic rings. The van der Waals surface area contributed by atoms with Crippen molar-refractivity contribution in [1.82, 2.24) is 15.5 Å². The zero-order valence-electron chi connectivity index (χ0n) is 16.9. The third kappa shape index (κ3) is 4.54. The quantitative estimate of drug-likeness (QED) is 0.563. The number of carbonyl (C=O) groups is 3. The number of hydrogen-bond donors (Lipinski definition) is 4. The highest BCUT2D eigenvalue weighted by Gasteiger charge is 2.44. The van der Waals surface area contributed by atoms with Gasteiger partial charge in [0.25, 0.3) is 5.91 Å². The van der Waals surface area contributed by atoms with Gasteiger partial charge in [-0.15, -0.1) is 0 Å². The predicted octanol–water partition coefficient (Wildman–Crippen LogP) is 0.642. The topological polar surface area (TPSA) is 119 Å². The number of nitrogens with one attached hydrogen (secondary N) is 2. The van der Waals surface area contributed by atoms with Crippen LogP contribution in [0.25, 0.3) is 0 Å². The number of piperazine rings is 1. The molecule has 8 heteroatoms. The summed E-state index contributed by atoms with van der Waals surface area (Å²) in [5, 5.41) is 25.3. The van der Waals surface area contributed by atoms with Gasteiger partial charge >= 0.3 is 0 Å². The number of aromatic hydroxyl groups is 1. The lowest BCUT2D eigenvalue weighted by molar-refractivity contribution is -0.152. The van der Waals surface area contributed by atoms with Crippen LogP contribution in [0.5, 0.6) is 5.75 Å². The van der Waals surface area contributed by atoms with Crippen LogP contribution >= 0.6 is 0 Å². The van der Waals surface area contributed by atoms with Crippen molar-refractivity contribution < 1.29 is 24.6 Å². The molecule has 0 aliphatic carbocycles. The van der Waals surface area contributed by atoms with Crippen molar-refractivity contribution in [3.63, 3.8) is 0 Å². The Morgan fingerprint density at radius 2 is 1.84 bits per heavy atom. The number of piperidine rings is 1. The minimum Gasteiger partial charge on any atom is -0.508 e. The Morgan fingerprint density at radius 3 is 2.55 bits per heavy atom. The smallest absolute Gasteiger partial charge is 0.253 e. The molecule has 0 bridgehead atoms. The standard InChI is InChI=1S/C23H25N3O5/c27-17-8-6-14(7-9-17)12-18-23(31)26-11-10-16(13-19(26)21(29)25-18)24-22(30)20(28)15-4-2-1-3-5-15/h1-9,16,18-20,27-28H,10-13H2,(H,24,30)(H,25,29). The van der Waals surface area contributed by atoms with E-state index in [0.29, 0.717) is 31.4 Å². The van der Waals surface area contributed by atoms with E-state index in [1.165, 1.54) is 0 Å².